The van der Waals surface area contributed by atoms with Gasteiger partial charge in [-0.2, -0.15) is 0 Å². The van der Waals surface area contributed by atoms with Crippen molar-refractivity contribution in [2.45, 2.75) is 12.2 Å². The second-order valence-corrected chi connectivity index (χ2v) is 2.24. The zero-order valence-electron chi connectivity index (χ0n) is 4.00. The Morgan fingerprint density at radius 3 is 2.62 bits per heavy atom. The average molecular weight is 181 g/mol. The van der Waals surface area contributed by atoms with Gasteiger partial charge in [-0.3, -0.25) is 0 Å². The minimum Gasteiger partial charge on any atom is -0.479 e. The van der Waals surface area contributed by atoms with Crippen molar-refractivity contribution in [3.05, 3.63) is 0 Å². The number of alkyl halides is 1. The van der Waals surface area contributed by atoms with Crippen LogP contribution in [0, 0.1) is 0 Å². The smallest absolute Gasteiger partial charge is 0.335 e. The third-order valence-electron chi connectivity index (χ3n) is 0.978. The van der Waals surface area contributed by atoms with E-state index in [0.29, 0.717) is 5.33 Å². The zero-order chi connectivity index (χ0) is 6.15. The predicted octanol–water partition coefficient (Wildman–Crippen LogP) is 0.233. The molecule has 0 amide bonds. The van der Waals surface area contributed by atoms with Gasteiger partial charge in [0.1, 0.15) is 6.10 Å². The first-order valence-corrected chi connectivity index (χ1v) is 3.32. The fourth-order valence-corrected chi connectivity index (χ4v) is 0.970. The minimum atomic E-state index is -0.866. The highest BCUT2D eigenvalue weighted by molar-refractivity contribution is 9.09. The molecule has 0 aromatic heterocycles. The van der Waals surface area contributed by atoms with Crippen molar-refractivity contribution in [3.8, 4) is 0 Å². The molecule has 0 aromatic carbocycles. The highest BCUT2D eigenvalue weighted by Gasteiger charge is 2.44. The van der Waals surface area contributed by atoms with Crippen LogP contribution in [-0.4, -0.2) is 28.6 Å². The minimum absolute atomic E-state index is 0.0903. The normalized spacial score (nSPS) is 34.6. The molecule has 1 heterocycles. The molecule has 8 heavy (non-hydrogen) atoms. The number of hydrogen-bond donors (Lipinski definition) is 1. The Balaban J connectivity index is 2.26. The van der Waals surface area contributed by atoms with Gasteiger partial charge >= 0.3 is 5.97 Å². The van der Waals surface area contributed by atoms with Crippen molar-refractivity contribution in [3.63, 3.8) is 0 Å². The van der Waals surface area contributed by atoms with E-state index in [9.17, 15) is 4.79 Å². The summed E-state index contributed by atoms with van der Waals surface area (Å²) in [6, 6.07) is 0. The van der Waals surface area contributed by atoms with Gasteiger partial charge in [0.25, 0.3) is 0 Å². The van der Waals surface area contributed by atoms with Crippen LogP contribution in [-0.2, 0) is 9.53 Å². The molecule has 1 fully saturated rings. The number of carboxylic acids is 1. The molecule has 2 atom stereocenters. The Hall–Kier alpha value is -0.0900. The lowest BCUT2D eigenvalue weighted by Crippen LogP contribution is -2.07. The number of carboxylic acid groups (broad SMARTS) is 1. The summed E-state index contributed by atoms with van der Waals surface area (Å²) in [5.74, 6) is -0.866. The van der Waals surface area contributed by atoms with Crippen molar-refractivity contribution >= 4 is 21.9 Å². The number of ether oxygens (including phenoxy) is 1. The molecule has 0 bridgehead atoms. The maximum Gasteiger partial charge on any atom is 0.335 e. The molecule has 0 radical (unpaired) electrons. The molecular formula is C4H5BrO3. The standard InChI is InChI=1S/C4H5BrO3/c5-1-2-3(8-2)4(6)7/h2-3H,1H2,(H,6,7)/t2-,3+/m1/s1. The largest absolute Gasteiger partial charge is 0.479 e. The molecule has 1 N–H and O–H groups in total. The summed E-state index contributed by atoms with van der Waals surface area (Å²) in [7, 11) is 0. The number of hydrogen-bond acceptors (Lipinski definition) is 2. The number of halogens is 1. The van der Waals surface area contributed by atoms with Gasteiger partial charge in [0.05, 0.1) is 0 Å². The topological polar surface area (TPSA) is 49.8 Å². The summed E-state index contributed by atoms with van der Waals surface area (Å²) in [5.41, 5.74) is 0. The molecule has 0 aliphatic carbocycles. The lowest BCUT2D eigenvalue weighted by atomic mass is 10.3. The third kappa shape index (κ3) is 1.00. The molecule has 0 saturated carbocycles. The monoisotopic (exact) mass is 180 g/mol. The second-order valence-electron chi connectivity index (χ2n) is 1.59. The highest BCUT2D eigenvalue weighted by Crippen LogP contribution is 2.23. The summed E-state index contributed by atoms with van der Waals surface area (Å²) in [4.78, 5) is 9.99. The van der Waals surface area contributed by atoms with E-state index >= 15 is 0 Å². The lowest BCUT2D eigenvalue weighted by molar-refractivity contribution is -0.138. The highest BCUT2D eigenvalue weighted by atomic mass is 79.9. The SMILES string of the molecule is O=C(O)[C@H]1O[C@@H]1CBr. The molecule has 0 unspecified atom stereocenters. The Morgan fingerprint density at radius 2 is 2.50 bits per heavy atom. The Bertz CT molecular complexity index is 114. The van der Waals surface area contributed by atoms with E-state index in [1.165, 1.54) is 0 Å². The molecule has 1 aliphatic rings. The van der Waals surface area contributed by atoms with E-state index < -0.39 is 12.1 Å². The fourth-order valence-electron chi connectivity index (χ4n) is 0.477. The van der Waals surface area contributed by atoms with Gasteiger partial charge in [0, 0.05) is 5.33 Å². The average Bonchev–Trinajstić information content (AvgIpc) is 2.42. The molecule has 0 spiro atoms. The quantitative estimate of drug-likeness (QED) is 0.490. The maximum absolute atomic E-state index is 9.99. The summed E-state index contributed by atoms with van der Waals surface area (Å²) in [6.07, 6.45) is -0.637. The van der Waals surface area contributed by atoms with Crippen LogP contribution in [0.5, 0.6) is 0 Å². The van der Waals surface area contributed by atoms with Gasteiger partial charge in [-0.1, -0.05) is 15.9 Å². The first kappa shape index (κ1) is 6.04. The van der Waals surface area contributed by atoms with Crippen molar-refractivity contribution < 1.29 is 14.6 Å². The van der Waals surface area contributed by atoms with Crippen LogP contribution in [0.4, 0.5) is 0 Å². The van der Waals surface area contributed by atoms with Gasteiger partial charge in [-0.05, 0) is 0 Å². The van der Waals surface area contributed by atoms with Gasteiger partial charge in [-0.15, -0.1) is 0 Å². The summed E-state index contributed by atoms with van der Waals surface area (Å²) in [5, 5.41) is 8.82. The third-order valence-corrected chi connectivity index (χ3v) is 1.62. The van der Waals surface area contributed by atoms with E-state index in [0.717, 1.165) is 0 Å². The molecular weight excluding hydrogens is 176 g/mol. The number of rotatable bonds is 2. The van der Waals surface area contributed by atoms with E-state index in [2.05, 4.69) is 20.7 Å². The second kappa shape index (κ2) is 2.03. The van der Waals surface area contributed by atoms with E-state index in [-0.39, 0.29) is 6.10 Å². The van der Waals surface area contributed by atoms with Gasteiger partial charge < -0.3 is 9.84 Å². The molecule has 3 nitrogen and oxygen atoms in total. The number of aliphatic carboxylic acids is 1. The van der Waals surface area contributed by atoms with Crippen molar-refractivity contribution in [2.24, 2.45) is 0 Å². The van der Waals surface area contributed by atoms with Crippen LogP contribution in [0.3, 0.4) is 0 Å². The van der Waals surface area contributed by atoms with Crippen LogP contribution in [0.25, 0.3) is 0 Å². The number of epoxide rings is 1. The summed E-state index contributed by atoms with van der Waals surface area (Å²) >= 11 is 3.10. The van der Waals surface area contributed by atoms with Crippen molar-refractivity contribution in [2.75, 3.05) is 5.33 Å². The lowest BCUT2D eigenvalue weighted by Gasteiger charge is -1.77. The van der Waals surface area contributed by atoms with Crippen LogP contribution >= 0.6 is 15.9 Å². The molecule has 1 saturated heterocycles. The van der Waals surface area contributed by atoms with Crippen LogP contribution in [0.15, 0.2) is 0 Å². The predicted molar refractivity (Wildman–Crippen MR) is 30.1 cm³/mol. The summed E-state index contributed by atoms with van der Waals surface area (Å²) in [6.45, 7) is 0. The van der Waals surface area contributed by atoms with E-state index in [1.54, 1.807) is 0 Å². The molecule has 0 aromatic rings. The molecule has 4 heteroatoms. The van der Waals surface area contributed by atoms with E-state index in [4.69, 9.17) is 5.11 Å². The van der Waals surface area contributed by atoms with Crippen molar-refractivity contribution in [1.82, 2.24) is 0 Å². The summed E-state index contributed by atoms with van der Waals surface area (Å²) < 4.78 is 4.68. The first-order chi connectivity index (χ1) is 3.75. The van der Waals surface area contributed by atoms with Crippen molar-refractivity contribution in [1.29, 1.82) is 0 Å². The zero-order valence-corrected chi connectivity index (χ0v) is 5.59. The van der Waals surface area contributed by atoms with E-state index in [1.807, 2.05) is 0 Å². The fraction of sp³-hybridized carbons (Fsp3) is 0.750. The Morgan fingerprint density at radius 1 is 1.88 bits per heavy atom. The first-order valence-electron chi connectivity index (χ1n) is 2.20. The van der Waals surface area contributed by atoms with Gasteiger partial charge in [0.15, 0.2) is 6.10 Å². The molecule has 46 valence electrons. The van der Waals surface area contributed by atoms with Crippen LogP contribution < -0.4 is 0 Å². The maximum atomic E-state index is 9.99. The molecule has 1 aliphatic heterocycles. The molecule has 1 rings (SSSR count). The van der Waals surface area contributed by atoms with Gasteiger partial charge in [-0.25, -0.2) is 4.79 Å². The van der Waals surface area contributed by atoms with Crippen LogP contribution in [0.2, 0.25) is 0 Å². The Kier molecular flexibility index (Phi) is 1.53. The van der Waals surface area contributed by atoms with Gasteiger partial charge in [0.2, 0.25) is 0 Å². The number of carbonyl (C=O) groups is 1. The van der Waals surface area contributed by atoms with Crippen LogP contribution in [0.1, 0.15) is 0 Å². The Labute approximate surface area is 54.8 Å².